The first-order valence-corrected chi connectivity index (χ1v) is 7.59. The molecule has 0 spiro atoms. The molecule has 1 aromatic heterocycles. The summed E-state index contributed by atoms with van der Waals surface area (Å²) >= 11 is 4.26. The molecule has 0 bridgehead atoms. The minimum absolute atomic E-state index is 0.0561. The molecule has 21 heavy (non-hydrogen) atoms. The Kier molecular flexibility index (Phi) is 4.89. The van der Waals surface area contributed by atoms with Gasteiger partial charge >= 0.3 is 5.97 Å². The molecule has 0 saturated heterocycles. The molecule has 4 nitrogen and oxygen atoms in total. The summed E-state index contributed by atoms with van der Waals surface area (Å²) in [5, 5.41) is 3.06. The van der Waals surface area contributed by atoms with Gasteiger partial charge in [0.25, 0.3) is 0 Å². The molecule has 1 aromatic carbocycles. The Hall–Kier alpha value is -1.54. The summed E-state index contributed by atoms with van der Waals surface area (Å²) in [6.45, 7) is 3.66. The number of rotatable bonds is 4. The summed E-state index contributed by atoms with van der Waals surface area (Å²) in [7, 11) is 0. The number of hydrogen-bond acceptors (Lipinski definition) is 5. The molecule has 0 amide bonds. The number of thiazole rings is 1. The second-order valence-electron chi connectivity index (χ2n) is 4.01. The van der Waals surface area contributed by atoms with Crippen LogP contribution in [0.25, 0.3) is 0 Å². The summed E-state index contributed by atoms with van der Waals surface area (Å²) in [5.41, 5.74) is 0.239. The molecule has 0 saturated carbocycles. The summed E-state index contributed by atoms with van der Waals surface area (Å²) < 4.78 is 31.9. The Balaban J connectivity index is 2.29. The lowest BCUT2D eigenvalue weighted by molar-refractivity contribution is 0.0519. The summed E-state index contributed by atoms with van der Waals surface area (Å²) in [6.07, 6.45) is 0. The fraction of sp³-hybridized carbons (Fsp3) is 0.231. The monoisotopic (exact) mass is 376 g/mol. The number of carbonyl (C=O) groups excluding carboxylic acids is 1. The average molecular weight is 377 g/mol. The Bertz CT molecular complexity index is 668. The van der Waals surface area contributed by atoms with Gasteiger partial charge in [0.15, 0.2) is 16.6 Å². The van der Waals surface area contributed by atoms with E-state index in [9.17, 15) is 13.6 Å². The molecule has 2 aromatic rings. The number of ether oxygens (including phenoxy) is 1. The van der Waals surface area contributed by atoms with Gasteiger partial charge in [-0.05, 0) is 35.8 Å². The highest BCUT2D eigenvalue weighted by Gasteiger charge is 2.18. The largest absolute Gasteiger partial charge is 0.461 e. The van der Waals surface area contributed by atoms with Crippen LogP contribution in [-0.2, 0) is 4.74 Å². The number of aryl methyl sites for hydroxylation is 1. The standard InChI is InChI=1S/C13H11BrF2N2O2S/c1-3-20-12(19)10-6(2)21-13(17-10)18-11-8(14)4-7(15)5-9(11)16/h4-5H,3H2,1-2H3,(H,17,18). The van der Waals surface area contributed by atoms with Gasteiger partial charge in [-0.15, -0.1) is 11.3 Å². The van der Waals surface area contributed by atoms with Crippen LogP contribution < -0.4 is 5.32 Å². The molecule has 0 radical (unpaired) electrons. The van der Waals surface area contributed by atoms with E-state index >= 15 is 0 Å². The van der Waals surface area contributed by atoms with Crippen LogP contribution in [0.15, 0.2) is 16.6 Å². The molecular formula is C13H11BrF2N2O2S. The smallest absolute Gasteiger partial charge is 0.358 e. The highest BCUT2D eigenvalue weighted by atomic mass is 79.9. The van der Waals surface area contributed by atoms with Crippen LogP contribution in [0.2, 0.25) is 0 Å². The van der Waals surface area contributed by atoms with Crippen molar-refractivity contribution in [3.63, 3.8) is 0 Å². The quantitative estimate of drug-likeness (QED) is 0.802. The Morgan fingerprint density at radius 3 is 2.81 bits per heavy atom. The molecule has 0 aliphatic carbocycles. The lowest BCUT2D eigenvalue weighted by Gasteiger charge is -2.06. The van der Waals surface area contributed by atoms with Crippen LogP contribution in [0, 0.1) is 18.6 Å². The van der Waals surface area contributed by atoms with Gasteiger partial charge in [0, 0.05) is 15.4 Å². The van der Waals surface area contributed by atoms with Crippen LogP contribution in [0.3, 0.4) is 0 Å². The van der Waals surface area contributed by atoms with Crippen molar-refractivity contribution in [3.05, 3.63) is 38.8 Å². The molecule has 0 aliphatic rings. The molecule has 1 N–H and O–H groups in total. The van der Waals surface area contributed by atoms with Gasteiger partial charge in [-0.1, -0.05) is 0 Å². The molecule has 0 fully saturated rings. The highest BCUT2D eigenvalue weighted by molar-refractivity contribution is 9.10. The number of nitrogens with one attached hydrogen (secondary N) is 1. The Labute approximate surface area is 132 Å². The second kappa shape index (κ2) is 6.48. The lowest BCUT2D eigenvalue weighted by Crippen LogP contribution is -2.06. The van der Waals surface area contributed by atoms with Crippen molar-refractivity contribution in [1.29, 1.82) is 0 Å². The van der Waals surface area contributed by atoms with Gasteiger partial charge in [-0.2, -0.15) is 0 Å². The fourth-order valence-electron chi connectivity index (χ4n) is 1.61. The van der Waals surface area contributed by atoms with Crippen LogP contribution in [0.4, 0.5) is 19.6 Å². The van der Waals surface area contributed by atoms with Crippen LogP contribution in [0.5, 0.6) is 0 Å². The normalized spacial score (nSPS) is 10.5. The Morgan fingerprint density at radius 1 is 1.48 bits per heavy atom. The minimum atomic E-state index is -0.757. The van der Waals surface area contributed by atoms with Gasteiger partial charge in [0.05, 0.1) is 12.3 Å². The number of benzene rings is 1. The number of nitrogens with zero attached hydrogens (tertiary/aromatic N) is 1. The van der Waals surface area contributed by atoms with Gasteiger partial charge in [-0.3, -0.25) is 0 Å². The van der Waals surface area contributed by atoms with E-state index < -0.39 is 17.6 Å². The summed E-state index contributed by atoms with van der Waals surface area (Å²) in [4.78, 5) is 16.4. The number of anilines is 2. The van der Waals surface area contributed by atoms with E-state index in [0.29, 0.717) is 10.0 Å². The molecule has 0 unspecified atom stereocenters. The molecule has 2 rings (SSSR count). The van der Waals surface area contributed by atoms with E-state index in [-0.39, 0.29) is 22.5 Å². The third-order valence-electron chi connectivity index (χ3n) is 2.50. The van der Waals surface area contributed by atoms with E-state index in [2.05, 4.69) is 26.2 Å². The van der Waals surface area contributed by atoms with Crippen molar-refractivity contribution >= 4 is 44.1 Å². The molecular weight excluding hydrogens is 366 g/mol. The van der Waals surface area contributed by atoms with E-state index in [1.165, 1.54) is 11.3 Å². The van der Waals surface area contributed by atoms with Gasteiger partial charge in [-0.25, -0.2) is 18.6 Å². The van der Waals surface area contributed by atoms with E-state index in [4.69, 9.17) is 4.74 Å². The Morgan fingerprint density at radius 2 is 2.19 bits per heavy atom. The molecule has 1 heterocycles. The van der Waals surface area contributed by atoms with Crippen molar-refractivity contribution in [2.24, 2.45) is 0 Å². The zero-order valence-corrected chi connectivity index (χ0v) is 13.6. The predicted octanol–water partition coefficient (Wildman–Crippen LogP) is 4.41. The molecule has 8 heteroatoms. The van der Waals surface area contributed by atoms with E-state index in [0.717, 1.165) is 12.1 Å². The van der Waals surface area contributed by atoms with Crippen molar-refractivity contribution in [1.82, 2.24) is 4.98 Å². The fourth-order valence-corrected chi connectivity index (χ4v) is 2.92. The summed E-state index contributed by atoms with van der Waals surface area (Å²) in [6, 6.07) is 1.90. The molecule has 0 atom stereocenters. The molecule has 0 aliphatic heterocycles. The van der Waals surface area contributed by atoms with Crippen LogP contribution in [-0.4, -0.2) is 17.6 Å². The van der Waals surface area contributed by atoms with Gasteiger partial charge in [0.2, 0.25) is 0 Å². The number of hydrogen-bond donors (Lipinski definition) is 1. The third-order valence-corrected chi connectivity index (χ3v) is 4.02. The van der Waals surface area contributed by atoms with Crippen molar-refractivity contribution in [2.75, 3.05) is 11.9 Å². The zero-order chi connectivity index (χ0) is 15.6. The SMILES string of the molecule is CCOC(=O)c1nc(Nc2c(F)cc(F)cc2Br)sc1C. The maximum absolute atomic E-state index is 13.7. The average Bonchev–Trinajstić information content (AvgIpc) is 2.75. The van der Waals surface area contributed by atoms with Crippen molar-refractivity contribution in [3.8, 4) is 0 Å². The molecule has 112 valence electrons. The lowest BCUT2D eigenvalue weighted by atomic mass is 10.3. The van der Waals surface area contributed by atoms with E-state index in [1.807, 2.05) is 0 Å². The van der Waals surface area contributed by atoms with Crippen molar-refractivity contribution in [2.45, 2.75) is 13.8 Å². The first-order valence-electron chi connectivity index (χ1n) is 5.98. The van der Waals surface area contributed by atoms with Gasteiger partial charge < -0.3 is 10.1 Å². The maximum atomic E-state index is 13.7. The number of aromatic nitrogens is 1. The maximum Gasteiger partial charge on any atom is 0.358 e. The zero-order valence-electron chi connectivity index (χ0n) is 11.2. The second-order valence-corrected chi connectivity index (χ2v) is 6.07. The van der Waals surface area contributed by atoms with E-state index in [1.54, 1.807) is 13.8 Å². The number of esters is 1. The van der Waals surface area contributed by atoms with Crippen molar-refractivity contribution < 1.29 is 18.3 Å². The topological polar surface area (TPSA) is 51.2 Å². The van der Waals surface area contributed by atoms with Gasteiger partial charge in [0.1, 0.15) is 5.82 Å². The first kappa shape index (κ1) is 15.8. The number of halogens is 3. The number of carbonyl (C=O) groups is 1. The highest BCUT2D eigenvalue weighted by Crippen LogP contribution is 2.32. The summed E-state index contributed by atoms with van der Waals surface area (Å²) in [5.74, 6) is -1.97. The third kappa shape index (κ3) is 3.56. The minimum Gasteiger partial charge on any atom is -0.461 e. The predicted molar refractivity (Wildman–Crippen MR) is 80.1 cm³/mol. The van der Waals surface area contributed by atoms with Crippen LogP contribution >= 0.6 is 27.3 Å². The first-order chi connectivity index (χ1) is 9.92. The van der Waals surface area contributed by atoms with Crippen LogP contribution in [0.1, 0.15) is 22.3 Å².